The fourth-order valence-corrected chi connectivity index (χ4v) is 3.95. The number of phenols is 1. The minimum Gasteiger partial charge on any atom is -0.508 e. The molecule has 2 heterocycles. The second-order valence-corrected chi connectivity index (χ2v) is 7.92. The smallest absolute Gasteiger partial charge is 0.217 e. The van der Waals surface area contributed by atoms with E-state index in [1.54, 1.807) is 36.4 Å². The molecule has 0 saturated heterocycles. The maximum absolute atomic E-state index is 11.6. The van der Waals surface area contributed by atoms with E-state index in [2.05, 4.69) is 4.98 Å². The molecule has 1 aliphatic carbocycles. The molecule has 33 heavy (non-hydrogen) atoms. The van der Waals surface area contributed by atoms with Crippen LogP contribution in [0.1, 0.15) is 28.9 Å². The van der Waals surface area contributed by atoms with Crippen LogP contribution in [0.2, 0.25) is 0 Å². The number of rotatable bonds is 4. The van der Waals surface area contributed by atoms with Crippen molar-refractivity contribution in [2.45, 2.75) is 19.1 Å². The summed E-state index contributed by atoms with van der Waals surface area (Å²) in [6.07, 6.45) is 5.56. The van der Waals surface area contributed by atoms with Gasteiger partial charge >= 0.3 is 0 Å². The minimum atomic E-state index is -1.27. The van der Waals surface area contributed by atoms with E-state index >= 15 is 0 Å². The number of phenolic OH excluding ortho intramolecular Hbond substituents is 1. The van der Waals surface area contributed by atoms with Gasteiger partial charge in [0.1, 0.15) is 11.4 Å². The number of aromatic hydroxyl groups is 2. The molecule has 1 atom stereocenters. The van der Waals surface area contributed by atoms with Crippen molar-refractivity contribution in [1.29, 1.82) is 0 Å². The van der Waals surface area contributed by atoms with Crippen molar-refractivity contribution in [3.8, 4) is 11.6 Å². The van der Waals surface area contributed by atoms with Crippen molar-refractivity contribution in [1.82, 2.24) is 9.55 Å². The molecule has 1 aromatic heterocycles. The van der Waals surface area contributed by atoms with E-state index in [9.17, 15) is 20.1 Å². The average molecular weight is 439 g/mol. The molecule has 1 unspecified atom stereocenters. The highest BCUT2D eigenvalue weighted by atomic mass is 16.3. The van der Waals surface area contributed by atoms with Crippen LogP contribution in [0, 0.1) is 0 Å². The maximum atomic E-state index is 11.6. The van der Waals surface area contributed by atoms with Gasteiger partial charge in [0.15, 0.2) is 17.8 Å². The van der Waals surface area contributed by atoms with Crippen LogP contribution in [0.25, 0.3) is 0 Å². The van der Waals surface area contributed by atoms with Gasteiger partial charge < -0.3 is 15.3 Å². The van der Waals surface area contributed by atoms with E-state index in [1.165, 1.54) is 16.7 Å². The van der Waals surface area contributed by atoms with Gasteiger partial charge in [-0.2, -0.15) is 0 Å². The number of nitrogens with zero attached hydrogens (tertiary/aromatic N) is 3. The Balaban J connectivity index is 1.61. The van der Waals surface area contributed by atoms with Crippen molar-refractivity contribution in [3.05, 3.63) is 113 Å². The Morgan fingerprint density at radius 3 is 2.21 bits per heavy atom. The zero-order valence-corrected chi connectivity index (χ0v) is 17.6. The monoisotopic (exact) mass is 439 g/mol. The molecule has 2 aromatic carbocycles. The highest BCUT2D eigenvalue weighted by molar-refractivity contribution is 6.02. The Morgan fingerprint density at radius 2 is 1.52 bits per heavy atom. The number of aliphatic hydroxyl groups excluding tert-OH is 1. The first-order valence-electron chi connectivity index (χ1n) is 10.5. The summed E-state index contributed by atoms with van der Waals surface area (Å²) in [5.41, 5.74) is 3.77. The molecule has 0 amide bonds. The van der Waals surface area contributed by atoms with Crippen LogP contribution in [-0.2, 0) is 17.6 Å². The SMILES string of the molecule is O=C1C=CC(=C2N=C(Cc3ccccc3)c3nc(Cc4ccc(O)cc4)c(O)n3C2O)C=C1. The first-order chi connectivity index (χ1) is 16.0. The lowest BCUT2D eigenvalue weighted by atomic mass is 10.0. The molecule has 0 radical (unpaired) electrons. The standard InChI is InChI=1S/C26H21N3O4/c30-19-10-6-17(7-11-19)15-22-25(32)29-24(28-22)21(14-16-4-2-1-3-5-16)27-23(26(29)33)18-8-12-20(31)13-9-18/h1-13,26,30,32-33H,14-15H2. The lowest BCUT2D eigenvalue weighted by molar-refractivity contribution is -0.110. The number of aromatic nitrogens is 2. The van der Waals surface area contributed by atoms with E-state index in [0.717, 1.165) is 11.1 Å². The number of carbonyl (C=O) groups is 1. The first-order valence-corrected chi connectivity index (χ1v) is 10.5. The van der Waals surface area contributed by atoms with Crippen LogP contribution in [0.5, 0.6) is 11.6 Å². The van der Waals surface area contributed by atoms with Crippen LogP contribution < -0.4 is 0 Å². The van der Waals surface area contributed by atoms with Gasteiger partial charge in [-0.3, -0.25) is 9.36 Å². The Kier molecular flexibility index (Phi) is 5.24. The molecule has 3 aromatic rings. The summed E-state index contributed by atoms with van der Waals surface area (Å²) in [4.78, 5) is 20.9. The summed E-state index contributed by atoms with van der Waals surface area (Å²) in [6, 6.07) is 16.4. The molecule has 3 N–H and O–H groups in total. The van der Waals surface area contributed by atoms with Crippen LogP contribution in [0.3, 0.4) is 0 Å². The van der Waals surface area contributed by atoms with E-state index in [0.29, 0.717) is 41.3 Å². The molecule has 1 aliphatic heterocycles. The lowest BCUT2D eigenvalue weighted by Crippen LogP contribution is -2.25. The molecule has 2 aliphatic rings. The number of aliphatic hydroxyl groups is 1. The largest absolute Gasteiger partial charge is 0.508 e. The van der Waals surface area contributed by atoms with E-state index in [1.807, 2.05) is 30.3 Å². The van der Waals surface area contributed by atoms with Crippen molar-refractivity contribution in [2.75, 3.05) is 0 Å². The zero-order chi connectivity index (χ0) is 22.9. The van der Waals surface area contributed by atoms with Crippen LogP contribution in [0.15, 0.2) is 95.2 Å². The molecule has 0 bridgehead atoms. The van der Waals surface area contributed by atoms with Crippen molar-refractivity contribution >= 4 is 11.5 Å². The fourth-order valence-electron chi connectivity index (χ4n) is 3.95. The zero-order valence-electron chi connectivity index (χ0n) is 17.6. The summed E-state index contributed by atoms with van der Waals surface area (Å²) < 4.78 is 1.38. The fraction of sp³-hybridized carbons (Fsp3) is 0.115. The molecule has 7 heteroatoms. The third kappa shape index (κ3) is 4.02. The molecule has 164 valence electrons. The number of carbonyl (C=O) groups excluding carboxylic acids is 1. The summed E-state index contributed by atoms with van der Waals surface area (Å²) >= 11 is 0. The number of hydrogen-bond acceptors (Lipinski definition) is 6. The predicted molar refractivity (Wildman–Crippen MR) is 123 cm³/mol. The Labute approximate surface area is 190 Å². The summed E-state index contributed by atoms with van der Waals surface area (Å²) in [7, 11) is 0. The summed E-state index contributed by atoms with van der Waals surface area (Å²) in [5, 5.41) is 31.7. The number of ketones is 1. The van der Waals surface area contributed by atoms with Crippen molar-refractivity contribution < 1.29 is 20.1 Å². The second kappa shape index (κ2) is 8.37. The average Bonchev–Trinajstić information content (AvgIpc) is 3.15. The van der Waals surface area contributed by atoms with Gasteiger partial charge in [-0.25, -0.2) is 9.98 Å². The third-order valence-corrected chi connectivity index (χ3v) is 5.63. The minimum absolute atomic E-state index is 0.138. The van der Waals surface area contributed by atoms with Gasteiger partial charge in [-0.1, -0.05) is 42.5 Å². The highest BCUT2D eigenvalue weighted by Crippen LogP contribution is 2.36. The van der Waals surface area contributed by atoms with Crippen LogP contribution >= 0.6 is 0 Å². The molecule has 0 spiro atoms. The van der Waals surface area contributed by atoms with Gasteiger partial charge in [0, 0.05) is 18.4 Å². The number of fused-ring (bicyclic) bond motifs is 1. The highest BCUT2D eigenvalue weighted by Gasteiger charge is 2.32. The van der Waals surface area contributed by atoms with E-state index < -0.39 is 6.23 Å². The van der Waals surface area contributed by atoms with Gasteiger partial charge in [0.05, 0.1) is 11.4 Å². The van der Waals surface area contributed by atoms with Crippen molar-refractivity contribution in [2.24, 2.45) is 4.99 Å². The molecule has 0 saturated carbocycles. The molecular formula is C26H21N3O4. The first kappa shape index (κ1) is 20.7. The topological polar surface area (TPSA) is 108 Å². The summed E-state index contributed by atoms with van der Waals surface area (Å²) in [5.74, 6) is 0.259. The number of imidazole rings is 1. The van der Waals surface area contributed by atoms with Crippen molar-refractivity contribution in [3.63, 3.8) is 0 Å². The molecular weight excluding hydrogens is 418 g/mol. The number of allylic oxidation sites excluding steroid dienone is 5. The summed E-state index contributed by atoms with van der Waals surface area (Å²) in [6.45, 7) is 0. The Morgan fingerprint density at radius 1 is 0.848 bits per heavy atom. The number of hydrogen-bond donors (Lipinski definition) is 3. The number of aliphatic imine (C=N–C) groups is 1. The number of benzene rings is 2. The van der Waals surface area contributed by atoms with Crippen LogP contribution in [-0.4, -0.2) is 36.4 Å². The van der Waals surface area contributed by atoms with Crippen LogP contribution in [0.4, 0.5) is 0 Å². The molecule has 7 nitrogen and oxygen atoms in total. The Bertz CT molecular complexity index is 1330. The quantitative estimate of drug-likeness (QED) is 0.578. The third-order valence-electron chi connectivity index (χ3n) is 5.63. The molecule has 0 fully saturated rings. The van der Waals surface area contributed by atoms with E-state index in [4.69, 9.17) is 4.99 Å². The lowest BCUT2D eigenvalue weighted by Gasteiger charge is -2.24. The molecule has 5 rings (SSSR count). The van der Waals surface area contributed by atoms with E-state index in [-0.39, 0.29) is 17.4 Å². The normalized spacial score (nSPS) is 17.3. The van der Waals surface area contributed by atoms with Gasteiger partial charge in [-0.05, 0) is 47.6 Å². The second-order valence-electron chi connectivity index (χ2n) is 7.92. The van der Waals surface area contributed by atoms with Gasteiger partial charge in [0.25, 0.3) is 0 Å². The Hall–Kier alpha value is -4.23. The predicted octanol–water partition coefficient (Wildman–Crippen LogP) is 3.37. The maximum Gasteiger partial charge on any atom is 0.217 e. The van der Waals surface area contributed by atoms with Gasteiger partial charge in [0.2, 0.25) is 5.88 Å². The van der Waals surface area contributed by atoms with Gasteiger partial charge in [-0.15, -0.1) is 0 Å².